The molecule has 2 aromatic carbocycles. The second kappa shape index (κ2) is 8.36. The lowest BCUT2D eigenvalue weighted by Crippen LogP contribution is -2.41. The molecule has 0 spiro atoms. The Hall–Kier alpha value is -2.05. The molecule has 134 valence electrons. The summed E-state index contributed by atoms with van der Waals surface area (Å²) < 4.78 is 27.1. The molecule has 1 N–H and O–H groups in total. The fraction of sp³-hybridized carbons (Fsp3) is 0.278. The zero-order valence-corrected chi connectivity index (χ0v) is 15.7. The van der Waals surface area contributed by atoms with Crippen LogP contribution in [-0.4, -0.2) is 27.4 Å². The summed E-state index contributed by atoms with van der Waals surface area (Å²) in [4.78, 5) is 12.4. The average molecular weight is 381 g/mol. The first-order chi connectivity index (χ1) is 11.8. The predicted molar refractivity (Wildman–Crippen MR) is 100 cm³/mol. The molecular weight excluding hydrogens is 360 g/mol. The Morgan fingerprint density at radius 2 is 1.68 bits per heavy atom. The van der Waals surface area contributed by atoms with E-state index in [0.29, 0.717) is 6.54 Å². The van der Waals surface area contributed by atoms with Gasteiger partial charge in [-0.1, -0.05) is 55.8 Å². The Kier molecular flexibility index (Phi) is 6.45. The highest BCUT2D eigenvalue weighted by molar-refractivity contribution is 7.92. The second-order valence-corrected chi connectivity index (χ2v) is 8.24. The van der Waals surface area contributed by atoms with Crippen molar-refractivity contribution in [2.24, 2.45) is 5.92 Å². The van der Waals surface area contributed by atoms with Crippen LogP contribution < -0.4 is 9.62 Å². The second-order valence-electron chi connectivity index (χ2n) is 5.97. The minimum absolute atomic E-state index is 0.103. The fourth-order valence-corrected chi connectivity index (χ4v) is 3.93. The number of carbonyl (C=O) groups is 1. The van der Waals surface area contributed by atoms with Crippen LogP contribution in [0.2, 0.25) is 5.02 Å². The molecule has 0 saturated heterocycles. The Morgan fingerprint density at radius 1 is 1.08 bits per heavy atom. The van der Waals surface area contributed by atoms with Gasteiger partial charge in [-0.05, 0) is 30.2 Å². The summed E-state index contributed by atoms with van der Waals surface area (Å²) in [5.74, 6) is -0.114. The third-order valence-electron chi connectivity index (χ3n) is 3.45. The molecule has 0 saturated carbocycles. The van der Waals surface area contributed by atoms with Gasteiger partial charge in [0.25, 0.3) is 10.0 Å². The molecule has 0 unspecified atom stereocenters. The summed E-state index contributed by atoms with van der Waals surface area (Å²) >= 11 is 6.19. The van der Waals surface area contributed by atoms with Gasteiger partial charge < -0.3 is 5.32 Å². The van der Waals surface area contributed by atoms with E-state index in [2.05, 4.69) is 5.32 Å². The number of para-hydroxylation sites is 1. The van der Waals surface area contributed by atoms with Crippen LogP contribution in [0.4, 0.5) is 5.69 Å². The van der Waals surface area contributed by atoms with Crippen LogP contribution >= 0.6 is 11.6 Å². The molecule has 2 aromatic rings. The van der Waals surface area contributed by atoms with E-state index in [1.165, 1.54) is 12.1 Å². The van der Waals surface area contributed by atoms with Gasteiger partial charge >= 0.3 is 0 Å². The van der Waals surface area contributed by atoms with E-state index in [1.54, 1.807) is 42.5 Å². The molecule has 0 aromatic heterocycles. The van der Waals surface area contributed by atoms with Gasteiger partial charge in [0.15, 0.2) is 0 Å². The largest absolute Gasteiger partial charge is 0.354 e. The maximum absolute atomic E-state index is 13.0. The Labute approximate surface area is 153 Å². The molecule has 5 nitrogen and oxygen atoms in total. The van der Waals surface area contributed by atoms with Crippen molar-refractivity contribution < 1.29 is 13.2 Å². The van der Waals surface area contributed by atoms with Crippen molar-refractivity contribution in [3.8, 4) is 0 Å². The maximum atomic E-state index is 13.0. The lowest BCUT2D eigenvalue weighted by Gasteiger charge is -2.25. The molecule has 0 bridgehead atoms. The first-order valence-electron chi connectivity index (χ1n) is 7.91. The molecule has 1 amide bonds. The van der Waals surface area contributed by atoms with E-state index in [-0.39, 0.29) is 34.0 Å². The molecule has 0 radical (unpaired) electrons. The number of hydrogen-bond acceptors (Lipinski definition) is 3. The third kappa shape index (κ3) is 4.96. The number of halogens is 1. The summed E-state index contributed by atoms with van der Waals surface area (Å²) in [6, 6.07) is 14.5. The zero-order valence-electron chi connectivity index (χ0n) is 14.1. The molecule has 0 aliphatic carbocycles. The molecule has 0 aliphatic rings. The van der Waals surface area contributed by atoms with Crippen LogP contribution in [0.25, 0.3) is 0 Å². The lowest BCUT2D eigenvalue weighted by molar-refractivity contribution is -0.119. The Bertz CT molecular complexity index is 823. The number of rotatable bonds is 7. The standard InChI is InChI=1S/C18H21ClN2O3S/c1-14(2)12-20-18(22)13-21(17-11-7-6-10-16(17)19)25(23,24)15-8-4-3-5-9-15/h3-11,14H,12-13H2,1-2H3,(H,20,22). The number of hydrogen-bond donors (Lipinski definition) is 1. The first-order valence-corrected chi connectivity index (χ1v) is 9.73. The van der Waals surface area contributed by atoms with Gasteiger partial charge in [0.1, 0.15) is 6.54 Å². The fourth-order valence-electron chi connectivity index (χ4n) is 2.18. The van der Waals surface area contributed by atoms with Crippen LogP contribution in [-0.2, 0) is 14.8 Å². The highest BCUT2D eigenvalue weighted by Crippen LogP contribution is 2.30. The van der Waals surface area contributed by atoms with Crippen molar-refractivity contribution in [3.63, 3.8) is 0 Å². The van der Waals surface area contributed by atoms with Crippen LogP contribution in [0.1, 0.15) is 13.8 Å². The molecule has 7 heteroatoms. The zero-order chi connectivity index (χ0) is 18.4. The number of sulfonamides is 1. The van der Waals surface area contributed by atoms with Crippen molar-refractivity contribution in [2.45, 2.75) is 18.7 Å². The van der Waals surface area contributed by atoms with Gasteiger partial charge in [0.2, 0.25) is 5.91 Å². The van der Waals surface area contributed by atoms with Crippen LogP contribution in [0.3, 0.4) is 0 Å². The van der Waals surface area contributed by atoms with E-state index in [1.807, 2.05) is 13.8 Å². The molecule has 0 fully saturated rings. The van der Waals surface area contributed by atoms with E-state index in [0.717, 1.165) is 4.31 Å². The summed E-state index contributed by atoms with van der Waals surface area (Å²) in [6.45, 7) is 4.06. The van der Waals surface area contributed by atoms with Crippen molar-refractivity contribution >= 4 is 33.2 Å². The summed E-state index contributed by atoms with van der Waals surface area (Å²) in [6.07, 6.45) is 0. The Morgan fingerprint density at radius 3 is 2.28 bits per heavy atom. The molecule has 25 heavy (non-hydrogen) atoms. The van der Waals surface area contributed by atoms with Gasteiger partial charge in [-0.15, -0.1) is 0 Å². The number of anilines is 1. The Balaban J connectivity index is 2.40. The third-order valence-corrected chi connectivity index (χ3v) is 5.54. The average Bonchev–Trinajstić information content (AvgIpc) is 2.59. The van der Waals surface area contributed by atoms with Gasteiger partial charge in [0, 0.05) is 6.54 Å². The highest BCUT2D eigenvalue weighted by atomic mass is 35.5. The smallest absolute Gasteiger partial charge is 0.264 e. The van der Waals surface area contributed by atoms with Crippen molar-refractivity contribution in [3.05, 3.63) is 59.6 Å². The summed E-state index contributed by atoms with van der Waals surface area (Å²) in [7, 11) is -3.92. The number of carbonyl (C=O) groups excluding carboxylic acids is 1. The first kappa shape index (κ1) is 19.3. The number of nitrogens with one attached hydrogen (secondary N) is 1. The topological polar surface area (TPSA) is 66.5 Å². The van der Waals surface area contributed by atoms with Crippen molar-refractivity contribution in [1.29, 1.82) is 0 Å². The number of benzene rings is 2. The van der Waals surface area contributed by atoms with Crippen LogP contribution in [0, 0.1) is 5.92 Å². The van der Waals surface area contributed by atoms with Crippen LogP contribution in [0.15, 0.2) is 59.5 Å². The lowest BCUT2D eigenvalue weighted by atomic mass is 10.2. The summed E-state index contributed by atoms with van der Waals surface area (Å²) in [5, 5.41) is 3.00. The summed E-state index contributed by atoms with van der Waals surface area (Å²) in [5.41, 5.74) is 0.271. The SMILES string of the molecule is CC(C)CNC(=O)CN(c1ccccc1Cl)S(=O)(=O)c1ccccc1. The van der Waals surface area contributed by atoms with Crippen LogP contribution in [0.5, 0.6) is 0 Å². The van der Waals surface area contributed by atoms with Crippen molar-refractivity contribution in [1.82, 2.24) is 5.32 Å². The molecule has 2 rings (SSSR count). The van der Waals surface area contributed by atoms with E-state index >= 15 is 0 Å². The molecule has 0 aliphatic heterocycles. The van der Waals surface area contributed by atoms with E-state index < -0.39 is 10.0 Å². The van der Waals surface area contributed by atoms with Crippen molar-refractivity contribution in [2.75, 3.05) is 17.4 Å². The van der Waals surface area contributed by atoms with Gasteiger partial charge in [-0.3, -0.25) is 9.10 Å². The molecule has 0 atom stereocenters. The minimum Gasteiger partial charge on any atom is -0.354 e. The van der Waals surface area contributed by atoms with Gasteiger partial charge in [-0.2, -0.15) is 0 Å². The monoisotopic (exact) mass is 380 g/mol. The minimum atomic E-state index is -3.92. The van der Waals surface area contributed by atoms with Gasteiger partial charge in [0.05, 0.1) is 15.6 Å². The number of amides is 1. The van der Waals surface area contributed by atoms with E-state index in [9.17, 15) is 13.2 Å². The highest BCUT2D eigenvalue weighted by Gasteiger charge is 2.28. The molecular formula is C18H21ClN2O3S. The quantitative estimate of drug-likeness (QED) is 0.801. The predicted octanol–water partition coefficient (Wildman–Crippen LogP) is 3.31. The normalized spacial score (nSPS) is 11.4. The maximum Gasteiger partial charge on any atom is 0.264 e. The molecule has 0 heterocycles. The van der Waals surface area contributed by atoms with Gasteiger partial charge in [-0.25, -0.2) is 8.42 Å². The van der Waals surface area contributed by atoms with E-state index in [4.69, 9.17) is 11.6 Å². The number of nitrogens with zero attached hydrogens (tertiary/aromatic N) is 1.